The van der Waals surface area contributed by atoms with Gasteiger partial charge in [0.15, 0.2) is 0 Å². The third kappa shape index (κ3) is 3.82. The molecule has 2 N–H and O–H groups in total. The molecular weight excluding hydrogens is 400 g/mol. The molecule has 156 valence electrons. The molecule has 0 fully saturated rings. The summed E-state index contributed by atoms with van der Waals surface area (Å²) >= 11 is 5.92. The van der Waals surface area contributed by atoms with Gasteiger partial charge in [-0.2, -0.15) is 0 Å². The number of nitrogens with zero attached hydrogens (tertiary/aromatic N) is 1. The van der Waals surface area contributed by atoms with E-state index in [0.717, 1.165) is 27.7 Å². The summed E-state index contributed by atoms with van der Waals surface area (Å²) in [6, 6.07) is 14.8. The number of carboxylic acid groups (broad SMARTS) is 1. The molecule has 4 rings (SSSR count). The Morgan fingerprint density at radius 3 is 2.63 bits per heavy atom. The van der Waals surface area contributed by atoms with Crippen LogP contribution in [0.4, 0.5) is 0 Å². The molecule has 0 saturated heterocycles. The van der Waals surface area contributed by atoms with Gasteiger partial charge in [0.05, 0.1) is 0 Å². The Hall–Kier alpha value is -2.79. The van der Waals surface area contributed by atoms with Gasteiger partial charge < -0.3 is 15.0 Å². The zero-order valence-corrected chi connectivity index (χ0v) is 17.7. The number of nitrogens with one attached hydrogen (secondary N) is 1. The topological polar surface area (TPSA) is 71.3 Å². The maximum absolute atomic E-state index is 12.9. The number of para-hydroxylation sites is 1. The zero-order valence-electron chi connectivity index (χ0n) is 16.9. The van der Waals surface area contributed by atoms with Crippen LogP contribution < -0.4 is 5.32 Å². The van der Waals surface area contributed by atoms with Crippen LogP contribution in [0.15, 0.2) is 48.5 Å². The van der Waals surface area contributed by atoms with Crippen molar-refractivity contribution in [3.63, 3.8) is 0 Å². The maximum atomic E-state index is 12.9. The number of aromatic nitrogens is 1. The van der Waals surface area contributed by atoms with Gasteiger partial charge in [-0.25, -0.2) is 4.79 Å². The van der Waals surface area contributed by atoms with Crippen LogP contribution >= 0.6 is 11.6 Å². The Balaban J connectivity index is 1.58. The normalized spacial score (nSPS) is 16.8. The molecule has 1 amide bonds. The lowest BCUT2D eigenvalue weighted by atomic mass is 9.85. The number of aliphatic carboxylic acids is 1. The fourth-order valence-corrected chi connectivity index (χ4v) is 4.65. The lowest BCUT2D eigenvalue weighted by molar-refractivity contribution is -0.141. The van der Waals surface area contributed by atoms with Crippen molar-refractivity contribution in [2.75, 3.05) is 0 Å². The third-order valence-corrected chi connectivity index (χ3v) is 6.29. The zero-order chi connectivity index (χ0) is 21.3. The molecule has 0 radical (unpaired) electrons. The average molecular weight is 425 g/mol. The summed E-state index contributed by atoms with van der Waals surface area (Å²) in [6.45, 7) is 2.37. The highest BCUT2D eigenvalue weighted by atomic mass is 35.5. The van der Waals surface area contributed by atoms with Gasteiger partial charge in [0, 0.05) is 34.1 Å². The van der Waals surface area contributed by atoms with E-state index in [9.17, 15) is 14.7 Å². The van der Waals surface area contributed by atoms with Crippen LogP contribution in [0, 0.1) is 5.92 Å². The maximum Gasteiger partial charge on any atom is 0.326 e. The Kier molecular flexibility index (Phi) is 5.82. The molecule has 0 bridgehead atoms. The van der Waals surface area contributed by atoms with E-state index < -0.39 is 12.0 Å². The first-order valence-electron chi connectivity index (χ1n) is 10.3. The van der Waals surface area contributed by atoms with Gasteiger partial charge in [0.2, 0.25) is 5.91 Å². The number of hydrogen-bond acceptors (Lipinski definition) is 2. The molecule has 1 aromatic heterocycles. The number of carbonyl (C=O) groups excluding carboxylic acids is 1. The SMILES string of the molecule is CCC(C(=O)O)n1c2c(c3ccccc31)CC(C(=O)NCc1ccc(Cl)cc1)CC2. The van der Waals surface area contributed by atoms with E-state index in [0.29, 0.717) is 37.3 Å². The Labute approximate surface area is 180 Å². The molecule has 1 heterocycles. The Morgan fingerprint density at radius 2 is 1.93 bits per heavy atom. The van der Waals surface area contributed by atoms with E-state index in [1.165, 1.54) is 0 Å². The second-order valence-corrected chi connectivity index (χ2v) is 8.30. The van der Waals surface area contributed by atoms with E-state index in [1.54, 1.807) is 0 Å². The van der Waals surface area contributed by atoms with Crippen LogP contribution in [-0.4, -0.2) is 21.6 Å². The van der Waals surface area contributed by atoms with Crippen LogP contribution in [0.2, 0.25) is 5.02 Å². The van der Waals surface area contributed by atoms with E-state index in [-0.39, 0.29) is 11.8 Å². The van der Waals surface area contributed by atoms with Gasteiger partial charge in [0.25, 0.3) is 0 Å². The van der Waals surface area contributed by atoms with Crippen molar-refractivity contribution in [3.8, 4) is 0 Å². The lowest BCUT2D eigenvalue weighted by Gasteiger charge is -2.25. The lowest BCUT2D eigenvalue weighted by Crippen LogP contribution is -2.34. The molecule has 1 aliphatic carbocycles. The van der Waals surface area contributed by atoms with Crippen LogP contribution in [0.25, 0.3) is 10.9 Å². The smallest absolute Gasteiger partial charge is 0.326 e. The third-order valence-electron chi connectivity index (χ3n) is 6.04. The summed E-state index contributed by atoms with van der Waals surface area (Å²) in [6.07, 6.45) is 2.56. The van der Waals surface area contributed by atoms with Crippen LogP contribution in [-0.2, 0) is 29.0 Å². The molecule has 30 heavy (non-hydrogen) atoms. The van der Waals surface area contributed by atoms with Crippen molar-refractivity contribution in [1.82, 2.24) is 9.88 Å². The number of benzene rings is 2. The molecule has 3 aromatic rings. The molecule has 2 unspecified atom stereocenters. The predicted molar refractivity (Wildman–Crippen MR) is 118 cm³/mol. The molecule has 6 heteroatoms. The molecule has 5 nitrogen and oxygen atoms in total. The summed E-state index contributed by atoms with van der Waals surface area (Å²) in [4.78, 5) is 24.7. The molecule has 2 aromatic carbocycles. The number of carbonyl (C=O) groups is 2. The van der Waals surface area contributed by atoms with E-state index in [1.807, 2.05) is 60.0 Å². The highest BCUT2D eigenvalue weighted by Gasteiger charge is 2.32. The van der Waals surface area contributed by atoms with Crippen molar-refractivity contribution >= 4 is 34.4 Å². The summed E-state index contributed by atoms with van der Waals surface area (Å²) < 4.78 is 1.98. The fourth-order valence-electron chi connectivity index (χ4n) is 4.53. The van der Waals surface area contributed by atoms with Crippen LogP contribution in [0.1, 0.15) is 42.6 Å². The van der Waals surface area contributed by atoms with Gasteiger partial charge >= 0.3 is 5.97 Å². The molecule has 0 saturated carbocycles. The number of carboxylic acids is 1. The van der Waals surface area contributed by atoms with Crippen molar-refractivity contribution in [3.05, 3.63) is 70.4 Å². The number of fused-ring (bicyclic) bond motifs is 3. The first kappa shape index (κ1) is 20.5. The largest absolute Gasteiger partial charge is 0.480 e. The van der Waals surface area contributed by atoms with E-state index >= 15 is 0 Å². The summed E-state index contributed by atoms with van der Waals surface area (Å²) in [5.41, 5.74) is 4.13. The minimum Gasteiger partial charge on any atom is -0.480 e. The highest BCUT2D eigenvalue weighted by molar-refractivity contribution is 6.30. The van der Waals surface area contributed by atoms with Crippen molar-refractivity contribution in [1.29, 1.82) is 0 Å². The van der Waals surface area contributed by atoms with Crippen LogP contribution in [0.5, 0.6) is 0 Å². The number of rotatable bonds is 6. The fraction of sp³-hybridized carbons (Fsp3) is 0.333. The first-order chi connectivity index (χ1) is 14.5. The predicted octanol–water partition coefficient (Wildman–Crippen LogP) is 4.75. The summed E-state index contributed by atoms with van der Waals surface area (Å²) in [5, 5.41) is 14.5. The summed E-state index contributed by atoms with van der Waals surface area (Å²) in [5.74, 6) is -0.893. The van der Waals surface area contributed by atoms with E-state index in [2.05, 4.69) is 5.32 Å². The first-order valence-corrected chi connectivity index (χ1v) is 10.7. The van der Waals surface area contributed by atoms with Gasteiger partial charge in [-0.05, 0) is 55.0 Å². The van der Waals surface area contributed by atoms with E-state index in [4.69, 9.17) is 11.6 Å². The van der Waals surface area contributed by atoms with Crippen molar-refractivity contribution in [2.45, 2.75) is 45.2 Å². The van der Waals surface area contributed by atoms with Gasteiger partial charge in [-0.15, -0.1) is 0 Å². The molecule has 0 aliphatic heterocycles. The number of halogens is 1. The monoisotopic (exact) mass is 424 g/mol. The van der Waals surface area contributed by atoms with Crippen molar-refractivity contribution < 1.29 is 14.7 Å². The average Bonchev–Trinajstić information content (AvgIpc) is 3.07. The standard InChI is InChI=1S/C24H25ClN2O3/c1-2-20(24(29)30)27-21-6-4-3-5-18(21)19-13-16(9-12-22(19)27)23(28)26-14-15-7-10-17(25)11-8-15/h3-8,10-11,16,20H,2,9,12-14H2,1H3,(H,26,28)(H,29,30). The summed E-state index contributed by atoms with van der Waals surface area (Å²) in [7, 11) is 0. The molecular formula is C24H25ClN2O3. The van der Waals surface area contributed by atoms with Gasteiger partial charge in [-0.1, -0.05) is 48.9 Å². The van der Waals surface area contributed by atoms with Gasteiger partial charge in [-0.3, -0.25) is 4.79 Å². The highest BCUT2D eigenvalue weighted by Crippen LogP contribution is 2.37. The quantitative estimate of drug-likeness (QED) is 0.599. The Bertz CT molecular complexity index is 1090. The van der Waals surface area contributed by atoms with Gasteiger partial charge in [0.1, 0.15) is 6.04 Å². The minimum absolute atomic E-state index is 0.0395. The number of hydrogen-bond donors (Lipinski definition) is 2. The van der Waals surface area contributed by atoms with Crippen LogP contribution in [0.3, 0.4) is 0 Å². The molecule has 2 atom stereocenters. The molecule has 1 aliphatic rings. The number of amides is 1. The Morgan fingerprint density at radius 1 is 1.20 bits per heavy atom. The second kappa shape index (κ2) is 8.52. The minimum atomic E-state index is -0.816. The second-order valence-electron chi connectivity index (χ2n) is 7.86. The molecule has 0 spiro atoms. The van der Waals surface area contributed by atoms with Crippen molar-refractivity contribution in [2.24, 2.45) is 5.92 Å².